The molecule has 0 saturated carbocycles. The van der Waals surface area contributed by atoms with E-state index in [9.17, 15) is 18.0 Å². The van der Waals surface area contributed by atoms with Crippen molar-refractivity contribution in [3.05, 3.63) is 46.6 Å². The van der Waals surface area contributed by atoms with E-state index >= 15 is 0 Å². The largest absolute Gasteiger partial charge is 0.416 e. The van der Waals surface area contributed by atoms with Gasteiger partial charge in [-0.3, -0.25) is 4.79 Å². The van der Waals surface area contributed by atoms with Crippen LogP contribution in [0.3, 0.4) is 0 Å². The molecular formula is C18H20F3N3O2. The first kappa shape index (κ1) is 18.4. The number of hydrogen-bond acceptors (Lipinski definition) is 4. The number of hydrogen-bond donors (Lipinski definition) is 0. The molecule has 1 aromatic heterocycles. The summed E-state index contributed by atoms with van der Waals surface area (Å²) in [4.78, 5) is 18.8. The van der Waals surface area contributed by atoms with Gasteiger partial charge in [0.2, 0.25) is 5.89 Å². The van der Waals surface area contributed by atoms with Gasteiger partial charge in [-0.15, -0.1) is 0 Å². The molecule has 0 spiro atoms. The van der Waals surface area contributed by atoms with Crippen molar-refractivity contribution in [3.8, 4) is 0 Å². The molecule has 1 amide bonds. The van der Waals surface area contributed by atoms with Gasteiger partial charge >= 0.3 is 6.18 Å². The maximum Gasteiger partial charge on any atom is 0.416 e. The van der Waals surface area contributed by atoms with Crippen molar-refractivity contribution in [2.45, 2.75) is 51.7 Å². The number of benzene rings is 1. The maximum absolute atomic E-state index is 13.0. The molecule has 1 atom stereocenters. The molecule has 140 valence electrons. The van der Waals surface area contributed by atoms with Crippen LogP contribution in [0.4, 0.5) is 13.2 Å². The van der Waals surface area contributed by atoms with Crippen LogP contribution in [0, 0.1) is 6.92 Å². The molecule has 0 radical (unpaired) electrons. The fourth-order valence-corrected chi connectivity index (χ4v) is 3.07. The number of nitrogens with zero attached hydrogens (tertiary/aromatic N) is 3. The molecule has 1 fully saturated rings. The van der Waals surface area contributed by atoms with Gasteiger partial charge in [0.25, 0.3) is 5.91 Å². The van der Waals surface area contributed by atoms with E-state index in [2.05, 4.69) is 10.1 Å². The first-order chi connectivity index (χ1) is 12.2. The molecule has 0 unspecified atom stereocenters. The number of likely N-dealkylation sites (tertiary alicyclic amines) is 1. The van der Waals surface area contributed by atoms with Crippen LogP contribution in [0.1, 0.15) is 71.8 Å². The molecule has 1 aliphatic heterocycles. The Hall–Kier alpha value is -2.38. The van der Waals surface area contributed by atoms with Crippen LogP contribution in [0.2, 0.25) is 0 Å². The molecule has 0 N–H and O–H groups in total. The van der Waals surface area contributed by atoms with Gasteiger partial charge in [0.1, 0.15) is 6.04 Å². The normalized spacial score (nSPS) is 18.0. The standard InChI is InChI=1S/C18H20F3N3O2/c1-10(2)15-22-16(26-23-15)14-5-4-8-24(14)17(25)13-9-12(18(19,20)21)7-6-11(13)3/h6-7,9-10,14H,4-5,8H2,1-3H3/t14-/m0/s1. The van der Waals surface area contributed by atoms with Gasteiger partial charge in [-0.25, -0.2) is 0 Å². The Morgan fingerprint density at radius 3 is 2.69 bits per heavy atom. The third-order valence-corrected chi connectivity index (χ3v) is 4.57. The number of amides is 1. The SMILES string of the molecule is Cc1ccc(C(F)(F)F)cc1C(=O)N1CCC[C@H]1c1nc(C(C)C)no1. The number of carbonyl (C=O) groups excluding carboxylic acids is 1. The summed E-state index contributed by atoms with van der Waals surface area (Å²) in [6, 6.07) is 2.82. The van der Waals surface area contributed by atoms with Crippen LogP contribution in [0.15, 0.2) is 22.7 Å². The lowest BCUT2D eigenvalue weighted by molar-refractivity contribution is -0.137. The number of aromatic nitrogens is 2. The van der Waals surface area contributed by atoms with Gasteiger partial charge in [0.05, 0.1) is 5.56 Å². The van der Waals surface area contributed by atoms with Crippen molar-refractivity contribution in [1.29, 1.82) is 0 Å². The number of rotatable bonds is 3. The highest BCUT2D eigenvalue weighted by Gasteiger charge is 2.37. The predicted octanol–water partition coefficient (Wildman–Crippen LogP) is 4.50. The van der Waals surface area contributed by atoms with Crippen LogP contribution in [-0.2, 0) is 6.18 Å². The molecule has 0 aliphatic carbocycles. The molecule has 1 saturated heterocycles. The molecule has 2 heterocycles. The minimum absolute atomic E-state index is 0.0512. The van der Waals surface area contributed by atoms with Crippen molar-refractivity contribution in [2.75, 3.05) is 6.54 Å². The van der Waals surface area contributed by atoms with Gasteiger partial charge in [-0.05, 0) is 37.5 Å². The summed E-state index contributed by atoms with van der Waals surface area (Å²) in [7, 11) is 0. The Morgan fingerprint density at radius 2 is 2.08 bits per heavy atom. The summed E-state index contributed by atoms with van der Waals surface area (Å²) in [5, 5.41) is 3.92. The number of aryl methyl sites for hydroxylation is 1. The molecule has 2 aromatic rings. The minimum Gasteiger partial charge on any atom is -0.337 e. The fourth-order valence-electron chi connectivity index (χ4n) is 3.07. The first-order valence-corrected chi connectivity index (χ1v) is 8.50. The third-order valence-electron chi connectivity index (χ3n) is 4.57. The van der Waals surface area contributed by atoms with E-state index in [4.69, 9.17) is 4.52 Å². The van der Waals surface area contributed by atoms with Crippen LogP contribution >= 0.6 is 0 Å². The van der Waals surface area contributed by atoms with Crippen LogP contribution in [-0.4, -0.2) is 27.5 Å². The lowest BCUT2D eigenvalue weighted by Gasteiger charge is -2.23. The van der Waals surface area contributed by atoms with E-state index in [1.807, 2.05) is 13.8 Å². The Balaban J connectivity index is 1.91. The summed E-state index contributed by atoms with van der Waals surface area (Å²) in [6.45, 7) is 5.93. The zero-order chi connectivity index (χ0) is 19.1. The van der Waals surface area contributed by atoms with Gasteiger partial charge in [0, 0.05) is 18.0 Å². The monoisotopic (exact) mass is 367 g/mol. The lowest BCUT2D eigenvalue weighted by atomic mass is 10.0. The van der Waals surface area contributed by atoms with E-state index in [0.717, 1.165) is 18.6 Å². The number of carbonyl (C=O) groups is 1. The Kier molecular flexibility index (Phi) is 4.77. The van der Waals surface area contributed by atoms with Crippen molar-refractivity contribution in [1.82, 2.24) is 15.0 Å². The molecular weight excluding hydrogens is 347 g/mol. The van der Waals surface area contributed by atoms with Crippen molar-refractivity contribution < 1.29 is 22.5 Å². The average molecular weight is 367 g/mol. The fraction of sp³-hybridized carbons (Fsp3) is 0.500. The van der Waals surface area contributed by atoms with E-state index in [0.29, 0.717) is 30.2 Å². The molecule has 1 aromatic carbocycles. The van der Waals surface area contributed by atoms with Crippen molar-refractivity contribution in [3.63, 3.8) is 0 Å². The summed E-state index contributed by atoms with van der Waals surface area (Å²) in [6.07, 6.45) is -3.12. The van der Waals surface area contributed by atoms with Crippen LogP contribution < -0.4 is 0 Å². The Bertz CT molecular complexity index is 814. The summed E-state index contributed by atoms with van der Waals surface area (Å²) in [5.41, 5.74) is -0.278. The molecule has 1 aliphatic rings. The highest BCUT2D eigenvalue weighted by molar-refractivity contribution is 5.96. The molecule has 5 nitrogen and oxygen atoms in total. The smallest absolute Gasteiger partial charge is 0.337 e. The second-order valence-corrected chi connectivity index (χ2v) is 6.83. The Labute approximate surface area is 149 Å². The number of halogens is 3. The second-order valence-electron chi connectivity index (χ2n) is 6.83. The van der Waals surface area contributed by atoms with Gasteiger partial charge in [-0.2, -0.15) is 18.2 Å². The minimum atomic E-state index is -4.49. The number of alkyl halides is 3. The van der Waals surface area contributed by atoms with Gasteiger partial charge < -0.3 is 9.42 Å². The summed E-state index contributed by atoms with van der Waals surface area (Å²) >= 11 is 0. The van der Waals surface area contributed by atoms with E-state index < -0.39 is 23.7 Å². The summed E-state index contributed by atoms with van der Waals surface area (Å²) < 4.78 is 44.3. The van der Waals surface area contributed by atoms with E-state index in [-0.39, 0.29) is 11.5 Å². The van der Waals surface area contributed by atoms with Crippen molar-refractivity contribution in [2.24, 2.45) is 0 Å². The second kappa shape index (κ2) is 6.74. The predicted molar refractivity (Wildman–Crippen MR) is 87.6 cm³/mol. The van der Waals surface area contributed by atoms with Crippen molar-refractivity contribution >= 4 is 5.91 Å². The Morgan fingerprint density at radius 1 is 1.35 bits per heavy atom. The van der Waals surface area contributed by atoms with Crippen LogP contribution in [0.5, 0.6) is 0 Å². The quantitative estimate of drug-likeness (QED) is 0.802. The molecule has 26 heavy (non-hydrogen) atoms. The van der Waals surface area contributed by atoms with E-state index in [1.54, 1.807) is 6.92 Å². The zero-order valence-corrected chi connectivity index (χ0v) is 14.8. The maximum atomic E-state index is 13.0. The third kappa shape index (κ3) is 3.45. The van der Waals surface area contributed by atoms with Crippen LogP contribution in [0.25, 0.3) is 0 Å². The molecule has 3 rings (SSSR count). The summed E-state index contributed by atoms with van der Waals surface area (Å²) in [5.74, 6) is 0.530. The first-order valence-electron chi connectivity index (χ1n) is 8.50. The molecule has 0 bridgehead atoms. The van der Waals surface area contributed by atoms with Gasteiger partial charge in [-0.1, -0.05) is 25.1 Å². The van der Waals surface area contributed by atoms with E-state index in [1.165, 1.54) is 11.0 Å². The highest BCUT2D eigenvalue weighted by atomic mass is 19.4. The topological polar surface area (TPSA) is 59.2 Å². The average Bonchev–Trinajstić information content (AvgIpc) is 3.22. The zero-order valence-electron chi connectivity index (χ0n) is 14.8. The molecule has 8 heteroatoms. The highest BCUT2D eigenvalue weighted by Crippen LogP contribution is 2.35. The lowest BCUT2D eigenvalue weighted by Crippen LogP contribution is -2.31. The van der Waals surface area contributed by atoms with Gasteiger partial charge in [0.15, 0.2) is 5.82 Å².